The first-order chi connectivity index (χ1) is 9.81. The van der Waals surface area contributed by atoms with E-state index < -0.39 is 0 Å². The van der Waals surface area contributed by atoms with Crippen LogP contribution in [-0.2, 0) is 5.41 Å². The van der Waals surface area contributed by atoms with Crippen LogP contribution in [0.1, 0.15) is 37.9 Å². The lowest BCUT2D eigenvalue weighted by atomic mass is 9.95. The molecule has 0 bridgehead atoms. The Bertz CT molecular complexity index is 649. The molecule has 2 aromatic heterocycles. The Morgan fingerprint density at radius 1 is 1.10 bits per heavy atom. The maximum atomic E-state index is 4.71. The first kappa shape index (κ1) is 15.7. The van der Waals surface area contributed by atoms with Crippen LogP contribution in [0.4, 0.5) is 5.82 Å². The molecule has 2 rings (SSSR count). The van der Waals surface area contributed by atoms with Gasteiger partial charge in [-0.15, -0.1) is 0 Å². The van der Waals surface area contributed by atoms with Gasteiger partial charge in [0, 0.05) is 29.9 Å². The lowest BCUT2D eigenvalue weighted by Gasteiger charge is -2.19. The Labute approximate surface area is 130 Å². The van der Waals surface area contributed by atoms with Gasteiger partial charge in [-0.1, -0.05) is 20.8 Å². The van der Waals surface area contributed by atoms with E-state index in [-0.39, 0.29) is 5.41 Å². The number of rotatable bonds is 3. The molecule has 0 saturated heterocycles. The summed E-state index contributed by atoms with van der Waals surface area (Å²) in [6, 6.07) is 1.89. The third-order valence-corrected chi connectivity index (χ3v) is 3.94. The van der Waals surface area contributed by atoms with Gasteiger partial charge in [-0.3, -0.25) is 0 Å². The summed E-state index contributed by atoms with van der Waals surface area (Å²) < 4.78 is 0. The van der Waals surface area contributed by atoms with Gasteiger partial charge in [0.1, 0.15) is 16.7 Å². The molecular weight excluding hydrogens is 282 g/mol. The molecule has 2 aromatic rings. The van der Waals surface area contributed by atoms with Crippen molar-refractivity contribution in [2.24, 2.45) is 0 Å². The highest BCUT2D eigenvalue weighted by atomic mass is 32.2. The van der Waals surface area contributed by atoms with E-state index in [1.807, 2.05) is 27.0 Å². The minimum absolute atomic E-state index is 0.109. The Morgan fingerprint density at radius 2 is 1.81 bits per heavy atom. The SMILES string of the molecule is CNc1nc(C(C)(C)C)nc(Sc2nccc(C)n2)c1C. The minimum Gasteiger partial charge on any atom is -0.373 e. The molecule has 2 heterocycles. The van der Waals surface area contributed by atoms with Crippen molar-refractivity contribution in [3.8, 4) is 0 Å². The van der Waals surface area contributed by atoms with Gasteiger partial charge in [0.2, 0.25) is 0 Å². The maximum absolute atomic E-state index is 4.71. The average Bonchev–Trinajstić information content (AvgIpc) is 2.40. The summed E-state index contributed by atoms with van der Waals surface area (Å²) in [5, 5.41) is 4.74. The second-order valence-corrected chi connectivity index (χ2v) is 6.86. The van der Waals surface area contributed by atoms with Gasteiger partial charge >= 0.3 is 0 Å². The maximum Gasteiger partial charge on any atom is 0.194 e. The predicted octanol–water partition coefficient (Wildman–Crippen LogP) is 3.37. The Kier molecular flexibility index (Phi) is 4.46. The normalized spacial score (nSPS) is 11.5. The number of anilines is 1. The summed E-state index contributed by atoms with van der Waals surface area (Å²) in [5.74, 6) is 1.66. The van der Waals surface area contributed by atoms with Gasteiger partial charge in [0.05, 0.1) is 0 Å². The van der Waals surface area contributed by atoms with Crippen LogP contribution >= 0.6 is 11.8 Å². The number of nitrogens with zero attached hydrogens (tertiary/aromatic N) is 4. The number of hydrogen-bond acceptors (Lipinski definition) is 6. The number of aryl methyl sites for hydroxylation is 1. The summed E-state index contributed by atoms with van der Waals surface area (Å²) in [7, 11) is 1.87. The first-order valence-corrected chi connectivity index (χ1v) is 7.67. The van der Waals surface area contributed by atoms with Crippen molar-refractivity contribution in [1.29, 1.82) is 0 Å². The van der Waals surface area contributed by atoms with Gasteiger partial charge in [0.25, 0.3) is 0 Å². The standard InChI is InChI=1S/C15H21N5S/c1-9-7-8-17-14(18-9)21-12-10(2)11(16-6)19-13(20-12)15(3,4)5/h7-8H,1-6H3,(H,16,19,20). The van der Waals surface area contributed by atoms with E-state index in [0.29, 0.717) is 5.16 Å². The first-order valence-electron chi connectivity index (χ1n) is 6.85. The van der Waals surface area contributed by atoms with Crippen molar-refractivity contribution in [3.05, 3.63) is 29.3 Å². The number of aromatic nitrogens is 4. The zero-order valence-corrected chi connectivity index (χ0v) is 14.2. The fourth-order valence-electron chi connectivity index (χ4n) is 1.74. The zero-order valence-electron chi connectivity index (χ0n) is 13.4. The Hall–Kier alpha value is -1.69. The molecule has 0 atom stereocenters. The van der Waals surface area contributed by atoms with Crippen molar-refractivity contribution in [2.45, 2.75) is 50.2 Å². The molecule has 0 saturated carbocycles. The molecule has 0 aliphatic carbocycles. The fraction of sp³-hybridized carbons (Fsp3) is 0.467. The van der Waals surface area contributed by atoms with Crippen molar-refractivity contribution >= 4 is 17.6 Å². The third-order valence-electron chi connectivity index (χ3n) is 2.97. The van der Waals surface area contributed by atoms with E-state index in [1.165, 1.54) is 11.8 Å². The van der Waals surface area contributed by atoms with Crippen molar-refractivity contribution in [1.82, 2.24) is 19.9 Å². The molecule has 0 amide bonds. The molecule has 0 aliphatic heterocycles. The topological polar surface area (TPSA) is 63.6 Å². The van der Waals surface area contributed by atoms with E-state index in [0.717, 1.165) is 27.9 Å². The predicted molar refractivity (Wildman–Crippen MR) is 85.9 cm³/mol. The minimum atomic E-state index is -0.109. The largest absolute Gasteiger partial charge is 0.373 e. The molecule has 0 spiro atoms. The molecule has 0 aliphatic rings. The molecule has 21 heavy (non-hydrogen) atoms. The molecule has 112 valence electrons. The molecule has 0 aromatic carbocycles. The van der Waals surface area contributed by atoms with Crippen LogP contribution < -0.4 is 5.32 Å². The van der Waals surface area contributed by atoms with E-state index in [2.05, 4.69) is 41.0 Å². The Morgan fingerprint density at radius 3 is 2.38 bits per heavy atom. The molecule has 1 N–H and O–H groups in total. The van der Waals surface area contributed by atoms with Crippen LogP contribution in [0, 0.1) is 13.8 Å². The summed E-state index contributed by atoms with van der Waals surface area (Å²) in [4.78, 5) is 18.0. The monoisotopic (exact) mass is 303 g/mol. The fourth-order valence-corrected chi connectivity index (χ4v) is 2.59. The van der Waals surface area contributed by atoms with E-state index in [4.69, 9.17) is 4.98 Å². The lowest BCUT2D eigenvalue weighted by Crippen LogP contribution is -2.18. The highest BCUT2D eigenvalue weighted by Gasteiger charge is 2.21. The quantitative estimate of drug-likeness (QED) is 0.693. The van der Waals surface area contributed by atoms with Gasteiger partial charge in [-0.25, -0.2) is 19.9 Å². The second kappa shape index (κ2) is 5.97. The molecule has 0 fully saturated rings. The van der Waals surface area contributed by atoms with Crippen molar-refractivity contribution in [3.63, 3.8) is 0 Å². The summed E-state index contributed by atoms with van der Waals surface area (Å²) in [6.07, 6.45) is 1.77. The van der Waals surface area contributed by atoms with Crippen LogP contribution in [0.3, 0.4) is 0 Å². The highest BCUT2D eigenvalue weighted by Crippen LogP contribution is 2.31. The Balaban J connectivity index is 2.47. The van der Waals surface area contributed by atoms with Gasteiger partial charge < -0.3 is 5.32 Å². The average molecular weight is 303 g/mol. The number of hydrogen-bond donors (Lipinski definition) is 1. The molecule has 0 radical (unpaired) electrons. The van der Waals surface area contributed by atoms with Crippen LogP contribution in [-0.4, -0.2) is 27.0 Å². The summed E-state index contributed by atoms with van der Waals surface area (Å²) in [6.45, 7) is 10.3. The lowest BCUT2D eigenvalue weighted by molar-refractivity contribution is 0.538. The van der Waals surface area contributed by atoms with Crippen LogP contribution in [0.15, 0.2) is 22.4 Å². The van der Waals surface area contributed by atoms with Crippen molar-refractivity contribution in [2.75, 3.05) is 12.4 Å². The smallest absolute Gasteiger partial charge is 0.194 e. The van der Waals surface area contributed by atoms with E-state index in [9.17, 15) is 0 Å². The van der Waals surface area contributed by atoms with Crippen LogP contribution in [0.2, 0.25) is 0 Å². The van der Waals surface area contributed by atoms with Gasteiger partial charge in [-0.2, -0.15) is 0 Å². The summed E-state index contributed by atoms with van der Waals surface area (Å²) >= 11 is 1.47. The molecule has 5 nitrogen and oxygen atoms in total. The van der Waals surface area contributed by atoms with Crippen LogP contribution in [0.5, 0.6) is 0 Å². The van der Waals surface area contributed by atoms with E-state index >= 15 is 0 Å². The second-order valence-electron chi connectivity index (χ2n) is 5.91. The van der Waals surface area contributed by atoms with E-state index in [1.54, 1.807) is 6.20 Å². The molecule has 6 heteroatoms. The van der Waals surface area contributed by atoms with Gasteiger partial charge in [0.15, 0.2) is 5.16 Å². The zero-order chi connectivity index (χ0) is 15.6. The molecular formula is C15H21N5S. The number of nitrogens with one attached hydrogen (secondary N) is 1. The molecule has 0 unspecified atom stereocenters. The van der Waals surface area contributed by atoms with Gasteiger partial charge in [-0.05, 0) is 31.7 Å². The summed E-state index contributed by atoms with van der Waals surface area (Å²) in [5.41, 5.74) is 1.85. The van der Waals surface area contributed by atoms with Crippen molar-refractivity contribution < 1.29 is 0 Å². The highest BCUT2D eigenvalue weighted by molar-refractivity contribution is 7.99. The third kappa shape index (κ3) is 3.69. The van der Waals surface area contributed by atoms with Crippen LogP contribution in [0.25, 0.3) is 0 Å².